The van der Waals surface area contributed by atoms with Crippen molar-refractivity contribution in [1.82, 2.24) is 4.90 Å². The predicted octanol–water partition coefficient (Wildman–Crippen LogP) is 2.28. The van der Waals surface area contributed by atoms with Crippen molar-refractivity contribution in [2.45, 2.75) is 20.8 Å². The van der Waals surface area contributed by atoms with Crippen LogP contribution in [-0.4, -0.2) is 23.9 Å². The Morgan fingerprint density at radius 2 is 2.07 bits per heavy atom. The Balaban J connectivity index is 2.69. The van der Waals surface area contributed by atoms with E-state index in [1.54, 1.807) is 16.2 Å². The molecule has 0 aliphatic rings. The molecular formula is C12H15NOS. The minimum Gasteiger partial charge on any atom is -0.332 e. The van der Waals surface area contributed by atoms with E-state index in [0.29, 0.717) is 13.1 Å². The Morgan fingerprint density at radius 3 is 2.53 bits per heavy atom. The molecule has 0 saturated carbocycles. The Hall–Kier alpha value is -1.27. The molecule has 3 heteroatoms. The largest absolute Gasteiger partial charge is 0.332 e. The molecule has 1 heterocycles. The number of rotatable bonds is 2. The van der Waals surface area contributed by atoms with Crippen LogP contribution in [0.5, 0.6) is 0 Å². The van der Waals surface area contributed by atoms with E-state index in [1.807, 2.05) is 32.9 Å². The van der Waals surface area contributed by atoms with Crippen LogP contribution < -0.4 is 0 Å². The quantitative estimate of drug-likeness (QED) is 0.702. The Bertz CT molecular complexity index is 393. The highest BCUT2D eigenvalue weighted by Gasteiger charge is 2.04. The number of carbonyl (C=O) groups is 1. The Morgan fingerprint density at radius 1 is 1.40 bits per heavy atom. The van der Waals surface area contributed by atoms with Gasteiger partial charge in [0.2, 0.25) is 0 Å². The summed E-state index contributed by atoms with van der Waals surface area (Å²) in [7, 11) is 0. The second-order valence-electron chi connectivity index (χ2n) is 3.14. The van der Waals surface area contributed by atoms with Gasteiger partial charge in [-0.15, -0.1) is 11.3 Å². The molecule has 0 N–H and O–H groups in total. The van der Waals surface area contributed by atoms with Gasteiger partial charge in [0.05, 0.1) is 4.88 Å². The molecule has 0 aromatic carbocycles. The first-order valence-corrected chi connectivity index (χ1v) is 5.86. The molecule has 1 aromatic rings. The number of hydrogen-bond donors (Lipinski definition) is 0. The zero-order valence-electron chi connectivity index (χ0n) is 9.33. The van der Waals surface area contributed by atoms with Crippen molar-refractivity contribution in [3.05, 3.63) is 21.9 Å². The molecule has 0 bridgehead atoms. The van der Waals surface area contributed by atoms with Gasteiger partial charge in [-0.25, -0.2) is 0 Å². The summed E-state index contributed by atoms with van der Waals surface area (Å²) in [6, 6.07) is 3.96. The lowest BCUT2D eigenvalue weighted by molar-refractivity contribution is -0.124. The predicted molar refractivity (Wildman–Crippen MR) is 63.9 cm³/mol. The van der Waals surface area contributed by atoms with Crippen molar-refractivity contribution >= 4 is 17.2 Å². The summed E-state index contributed by atoms with van der Waals surface area (Å²) in [5, 5.41) is 0. The number of hydrogen-bond acceptors (Lipinski definition) is 2. The Labute approximate surface area is 94.9 Å². The Kier molecular flexibility index (Phi) is 4.38. The summed E-state index contributed by atoms with van der Waals surface area (Å²) in [5.41, 5.74) is 0. The highest BCUT2D eigenvalue weighted by atomic mass is 32.1. The van der Waals surface area contributed by atoms with E-state index < -0.39 is 0 Å². The first-order valence-electron chi connectivity index (χ1n) is 5.04. The average molecular weight is 221 g/mol. The van der Waals surface area contributed by atoms with E-state index in [4.69, 9.17) is 0 Å². The van der Waals surface area contributed by atoms with E-state index in [1.165, 1.54) is 4.88 Å². The third-order valence-electron chi connectivity index (χ3n) is 2.08. The van der Waals surface area contributed by atoms with E-state index >= 15 is 0 Å². The zero-order chi connectivity index (χ0) is 11.3. The van der Waals surface area contributed by atoms with E-state index in [0.717, 1.165) is 4.88 Å². The maximum absolute atomic E-state index is 11.5. The molecule has 0 unspecified atom stereocenters. The SMILES string of the molecule is CCN(CC)C(=O)C#Cc1ccc(C)s1. The molecule has 0 spiro atoms. The van der Waals surface area contributed by atoms with E-state index in [-0.39, 0.29) is 5.91 Å². The van der Waals surface area contributed by atoms with Crippen molar-refractivity contribution < 1.29 is 4.79 Å². The maximum atomic E-state index is 11.5. The van der Waals surface area contributed by atoms with Gasteiger partial charge in [0.15, 0.2) is 0 Å². The van der Waals surface area contributed by atoms with Crippen LogP contribution in [0.2, 0.25) is 0 Å². The van der Waals surface area contributed by atoms with Gasteiger partial charge in [-0.05, 0) is 38.8 Å². The lowest BCUT2D eigenvalue weighted by Crippen LogP contribution is -2.29. The lowest BCUT2D eigenvalue weighted by atomic mass is 10.4. The average Bonchev–Trinajstić information content (AvgIpc) is 2.63. The first-order chi connectivity index (χ1) is 7.17. The van der Waals surface area contributed by atoms with Crippen molar-refractivity contribution in [2.75, 3.05) is 13.1 Å². The van der Waals surface area contributed by atoms with Gasteiger partial charge >= 0.3 is 0 Å². The van der Waals surface area contributed by atoms with Crippen LogP contribution >= 0.6 is 11.3 Å². The zero-order valence-corrected chi connectivity index (χ0v) is 10.1. The van der Waals surface area contributed by atoms with Crippen molar-refractivity contribution in [3.63, 3.8) is 0 Å². The molecule has 1 rings (SSSR count). The molecule has 80 valence electrons. The lowest BCUT2D eigenvalue weighted by Gasteiger charge is -2.13. The van der Waals surface area contributed by atoms with Crippen molar-refractivity contribution in [1.29, 1.82) is 0 Å². The van der Waals surface area contributed by atoms with Gasteiger partial charge in [0.1, 0.15) is 0 Å². The summed E-state index contributed by atoms with van der Waals surface area (Å²) in [5.74, 6) is 5.46. The molecule has 0 aliphatic carbocycles. The number of thiophene rings is 1. The van der Waals surface area contributed by atoms with Gasteiger partial charge in [-0.1, -0.05) is 0 Å². The minimum absolute atomic E-state index is 0.0916. The van der Waals surface area contributed by atoms with Gasteiger partial charge in [-0.2, -0.15) is 0 Å². The summed E-state index contributed by atoms with van der Waals surface area (Å²) in [6.07, 6.45) is 0. The monoisotopic (exact) mass is 221 g/mol. The number of amides is 1. The number of carbonyl (C=O) groups excluding carboxylic acids is 1. The highest BCUT2D eigenvalue weighted by Crippen LogP contribution is 2.13. The molecule has 1 amide bonds. The first kappa shape index (κ1) is 11.8. The molecule has 0 aliphatic heterocycles. The third-order valence-corrected chi connectivity index (χ3v) is 3.00. The molecule has 0 fully saturated rings. The van der Waals surface area contributed by atoms with Crippen LogP contribution in [0.1, 0.15) is 23.6 Å². The smallest absolute Gasteiger partial charge is 0.298 e. The summed E-state index contributed by atoms with van der Waals surface area (Å²) in [6.45, 7) is 7.37. The summed E-state index contributed by atoms with van der Waals surface area (Å²) in [4.78, 5) is 15.4. The molecule has 0 radical (unpaired) electrons. The normalized spacial score (nSPS) is 9.27. The van der Waals surface area contributed by atoms with Crippen LogP contribution in [0.15, 0.2) is 12.1 Å². The highest BCUT2D eigenvalue weighted by molar-refractivity contribution is 7.12. The molecular weight excluding hydrogens is 206 g/mol. The van der Waals surface area contributed by atoms with Gasteiger partial charge in [0.25, 0.3) is 5.91 Å². The molecule has 2 nitrogen and oxygen atoms in total. The molecule has 15 heavy (non-hydrogen) atoms. The second kappa shape index (κ2) is 5.57. The van der Waals surface area contributed by atoms with Crippen LogP contribution in [0.25, 0.3) is 0 Å². The van der Waals surface area contributed by atoms with Crippen LogP contribution in [0, 0.1) is 18.8 Å². The third kappa shape index (κ3) is 3.41. The van der Waals surface area contributed by atoms with Gasteiger partial charge in [-0.3, -0.25) is 4.79 Å². The van der Waals surface area contributed by atoms with Crippen molar-refractivity contribution in [3.8, 4) is 11.8 Å². The van der Waals surface area contributed by atoms with Gasteiger partial charge < -0.3 is 4.90 Å². The fraction of sp³-hybridized carbons (Fsp3) is 0.417. The maximum Gasteiger partial charge on any atom is 0.298 e. The topological polar surface area (TPSA) is 20.3 Å². The summed E-state index contributed by atoms with van der Waals surface area (Å²) >= 11 is 1.61. The minimum atomic E-state index is -0.0916. The second-order valence-corrected chi connectivity index (χ2v) is 4.43. The standard InChI is InChI=1S/C12H15NOS/c1-4-13(5-2)12(14)9-8-11-7-6-10(3)15-11/h6-7H,4-5H2,1-3H3. The van der Waals surface area contributed by atoms with Crippen molar-refractivity contribution in [2.24, 2.45) is 0 Å². The number of nitrogens with zero attached hydrogens (tertiary/aromatic N) is 1. The molecule has 0 atom stereocenters. The van der Waals surface area contributed by atoms with Crippen LogP contribution in [0.4, 0.5) is 0 Å². The number of aryl methyl sites for hydroxylation is 1. The summed E-state index contributed by atoms with van der Waals surface area (Å²) < 4.78 is 0. The van der Waals surface area contributed by atoms with Gasteiger partial charge in [0, 0.05) is 23.9 Å². The van der Waals surface area contributed by atoms with Crippen LogP contribution in [-0.2, 0) is 4.79 Å². The molecule has 0 saturated heterocycles. The molecule has 1 aromatic heterocycles. The fourth-order valence-corrected chi connectivity index (χ4v) is 1.93. The fourth-order valence-electron chi connectivity index (χ4n) is 1.21. The van der Waals surface area contributed by atoms with Crippen LogP contribution in [0.3, 0.4) is 0 Å². The van der Waals surface area contributed by atoms with E-state index in [2.05, 4.69) is 11.8 Å². The van der Waals surface area contributed by atoms with E-state index in [9.17, 15) is 4.79 Å².